The Hall–Kier alpha value is -2.77. The van der Waals surface area contributed by atoms with E-state index in [0.717, 1.165) is 36.1 Å². The van der Waals surface area contributed by atoms with E-state index in [0.29, 0.717) is 17.7 Å². The van der Waals surface area contributed by atoms with Crippen LogP contribution >= 0.6 is 12.4 Å². The smallest absolute Gasteiger partial charge is 0.345 e. The van der Waals surface area contributed by atoms with Crippen molar-refractivity contribution in [3.05, 3.63) is 51.4 Å². The highest BCUT2D eigenvalue weighted by Crippen LogP contribution is 2.32. The van der Waals surface area contributed by atoms with Gasteiger partial charge >= 0.3 is 5.97 Å². The Morgan fingerprint density at radius 3 is 2.62 bits per heavy atom. The Kier molecular flexibility index (Phi) is 6.00. The largest absolute Gasteiger partial charge is 0.506 e. The van der Waals surface area contributed by atoms with E-state index in [-0.39, 0.29) is 12.4 Å². The summed E-state index contributed by atoms with van der Waals surface area (Å²) in [5.41, 5.74) is 2.34. The van der Waals surface area contributed by atoms with Gasteiger partial charge in [0.2, 0.25) is 0 Å². The zero-order valence-electron chi connectivity index (χ0n) is 16.1. The number of aromatic nitrogens is 2. The number of pyridine rings is 1. The van der Waals surface area contributed by atoms with E-state index in [9.17, 15) is 19.8 Å². The molecule has 1 fully saturated rings. The zero-order valence-corrected chi connectivity index (χ0v) is 16.9. The first kappa shape index (κ1) is 21.0. The molecule has 0 spiro atoms. The third-order valence-corrected chi connectivity index (χ3v) is 5.51. The number of carboxylic acid groups (broad SMARTS) is 1. The van der Waals surface area contributed by atoms with Crippen LogP contribution in [0.2, 0.25) is 0 Å². The van der Waals surface area contributed by atoms with Crippen LogP contribution in [0.4, 0.5) is 0 Å². The average Bonchev–Trinajstić information content (AvgIpc) is 3.31. The van der Waals surface area contributed by atoms with Crippen molar-refractivity contribution < 1.29 is 15.0 Å². The highest BCUT2D eigenvalue weighted by atomic mass is 35.5. The number of aromatic hydroxyl groups is 1. The van der Waals surface area contributed by atoms with Gasteiger partial charge in [0.1, 0.15) is 5.75 Å². The van der Waals surface area contributed by atoms with Crippen LogP contribution in [0, 0.1) is 0 Å². The molecular formula is C21H24ClN3O4. The summed E-state index contributed by atoms with van der Waals surface area (Å²) in [5.74, 6) is -1.90. The molecule has 1 aliphatic rings. The Balaban J connectivity index is 0.00000240. The number of likely N-dealkylation sites (tertiary alicyclic amines) is 1. The van der Waals surface area contributed by atoms with Gasteiger partial charge in [-0.3, -0.25) is 9.69 Å². The van der Waals surface area contributed by atoms with E-state index in [1.54, 1.807) is 0 Å². The molecule has 0 saturated carbocycles. The van der Waals surface area contributed by atoms with Crippen LogP contribution in [-0.4, -0.2) is 44.1 Å². The molecule has 3 aromatic rings. The molecule has 2 aromatic heterocycles. The molecule has 1 aromatic carbocycles. The van der Waals surface area contributed by atoms with Crippen LogP contribution in [0.1, 0.15) is 41.3 Å². The quantitative estimate of drug-likeness (QED) is 0.508. The number of aromatic carboxylic acids is 1. The summed E-state index contributed by atoms with van der Waals surface area (Å²) in [5, 5.41) is 20.7. The van der Waals surface area contributed by atoms with Crippen molar-refractivity contribution in [3.63, 3.8) is 0 Å². The number of nitrogens with one attached hydrogen (secondary N) is 2. The first-order chi connectivity index (χ1) is 13.5. The van der Waals surface area contributed by atoms with E-state index in [4.69, 9.17) is 0 Å². The average molecular weight is 418 g/mol. The predicted octanol–water partition coefficient (Wildman–Crippen LogP) is 3.51. The van der Waals surface area contributed by atoms with Crippen LogP contribution < -0.4 is 5.56 Å². The summed E-state index contributed by atoms with van der Waals surface area (Å²) in [6.07, 6.45) is 4.90. The van der Waals surface area contributed by atoms with Crippen LogP contribution in [0.5, 0.6) is 5.75 Å². The fraction of sp³-hybridized carbons (Fsp3) is 0.333. The lowest BCUT2D eigenvalue weighted by Gasteiger charge is -2.14. The second-order valence-corrected chi connectivity index (χ2v) is 7.25. The minimum Gasteiger partial charge on any atom is -0.506 e. The van der Waals surface area contributed by atoms with Gasteiger partial charge in [-0.1, -0.05) is 19.1 Å². The summed E-state index contributed by atoms with van der Waals surface area (Å²) in [4.78, 5) is 31.9. The molecule has 7 nitrogen and oxygen atoms in total. The first-order valence-corrected chi connectivity index (χ1v) is 9.53. The molecule has 29 heavy (non-hydrogen) atoms. The van der Waals surface area contributed by atoms with Gasteiger partial charge in [0, 0.05) is 34.8 Å². The van der Waals surface area contributed by atoms with Gasteiger partial charge in [0.15, 0.2) is 5.56 Å². The lowest BCUT2D eigenvalue weighted by Crippen LogP contribution is -2.20. The molecule has 0 radical (unpaired) electrons. The van der Waals surface area contributed by atoms with E-state index in [1.165, 1.54) is 18.4 Å². The first-order valence-electron chi connectivity index (χ1n) is 9.53. The molecule has 3 heterocycles. The van der Waals surface area contributed by atoms with Gasteiger partial charge in [-0.05, 0) is 44.0 Å². The third-order valence-electron chi connectivity index (χ3n) is 5.51. The van der Waals surface area contributed by atoms with Gasteiger partial charge < -0.3 is 20.2 Å². The van der Waals surface area contributed by atoms with Crippen molar-refractivity contribution in [1.82, 2.24) is 14.9 Å². The number of hydrogen-bond acceptors (Lipinski definition) is 4. The molecule has 0 unspecified atom stereocenters. The van der Waals surface area contributed by atoms with Crippen molar-refractivity contribution in [2.75, 3.05) is 13.1 Å². The number of carbonyl (C=O) groups is 1. The molecule has 8 heteroatoms. The number of halogens is 1. The van der Waals surface area contributed by atoms with Crippen LogP contribution in [-0.2, 0) is 13.0 Å². The molecule has 1 aliphatic heterocycles. The maximum atomic E-state index is 12.2. The minimum absolute atomic E-state index is 0. The summed E-state index contributed by atoms with van der Waals surface area (Å²) in [7, 11) is 0. The maximum Gasteiger partial charge on any atom is 0.345 e. The van der Waals surface area contributed by atoms with Gasteiger partial charge in [0.05, 0.1) is 5.69 Å². The Morgan fingerprint density at radius 2 is 1.97 bits per heavy atom. The van der Waals surface area contributed by atoms with Crippen molar-refractivity contribution in [2.45, 2.75) is 32.7 Å². The lowest BCUT2D eigenvalue weighted by atomic mass is 9.99. The number of fused-ring (bicyclic) bond motifs is 1. The van der Waals surface area contributed by atoms with Crippen LogP contribution in [0.3, 0.4) is 0 Å². The standard InChI is InChI=1S/C21H23N3O4.ClH/c1-2-14-18(23-20(26)17(19(14)25)21(27)28)12-5-6-15-13(10-22-16(15)9-12)11-24-7-3-4-8-24;/h5-6,9-10,22H,2-4,7-8,11H2,1H3,(H,27,28)(H2,23,25,26);1H. The molecule has 0 aliphatic carbocycles. The van der Waals surface area contributed by atoms with Crippen LogP contribution in [0.25, 0.3) is 22.2 Å². The topological polar surface area (TPSA) is 109 Å². The van der Waals surface area contributed by atoms with Gasteiger partial charge in [-0.15, -0.1) is 12.4 Å². The van der Waals surface area contributed by atoms with E-state index in [2.05, 4.69) is 14.9 Å². The van der Waals surface area contributed by atoms with Gasteiger partial charge in [-0.2, -0.15) is 0 Å². The number of H-pyrrole nitrogens is 2. The Morgan fingerprint density at radius 1 is 1.24 bits per heavy atom. The summed E-state index contributed by atoms with van der Waals surface area (Å²) < 4.78 is 0. The highest BCUT2D eigenvalue weighted by molar-refractivity contribution is 5.93. The van der Waals surface area contributed by atoms with Gasteiger partial charge in [0.25, 0.3) is 5.56 Å². The van der Waals surface area contributed by atoms with E-state index >= 15 is 0 Å². The Labute approximate surface area is 173 Å². The minimum atomic E-state index is -1.44. The zero-order chi connectivity index (χ0) is 19.8. The highest BCUT2D eigenvalue weighted by Gasteiger charge is 2.22. The molecule has 0 amide bonds. The normalized spacial score (nSPS) is 14.2. The molecule has 4 N–H and O–H groups in total. The maximum absolute atomic E-state index is 12.2. The third kappa shape index (κ3) is 3.75. The number of hydrogen-bond donors (Lipinski definition) is 4. The Bertz CT molecular complexity index is 1110. The van der Waals surface area contributed by atoms with Gasteiger partial charge in [-0.25, -0.2) is 4.79 Å². The lowest BCUT2D eigenvalue weighted by molar-refractivity contribution is 0.0691. The second kappa shape index (κ2) is 8.31. The van der Waals surface area contributed by atoms with Crippen molar-refractivity contribution in [1.29, 1.82) is 0 Å². The predicted molar refractivity (Wildman–Crippen MR) is 114 cm³/mol. The summed E-state index contributed by atoms with van der Waals surface area (Å²) in [6.45, 7) is 4.97. The van der Waals surface area contributed by atoms with Crippen molar-refractivity contribution in [3.8, 4) is 17.0 Å². The molecular weight excluding hydrogens is 394 g/mol. The number of nitrogens with zero attached hydrogens (tertiary/aromatic N) is 1. The summed E-state index contributed by atoms with van der Waals surface area (Å²) >= 11 is 0. The fourth-order valence-electron chi connectivity index (χ4n) is 4.07. The fourth-order valence-corrected chi connectivity index (χ4v) is 4.07. The molecule has 4 rings (SSSR count). The number of benzene rings is 1. The second-order valence-electron chi connectivity index (χ2n) is 7.25. The number of aromatic amines is 2. The van der Waals surface area contributed by atoms with Crippen molar-refractivity contribution in [2.24, 2.45) is 0 Å². The summed E-state index contributed by atoms with van der Waals surface area (Å²) in [6, 6.07) is 5.83. The monoisotopic (exact) mass is 417 g/mol. The van der Waals surface area contributed by atoms with Crippen LogP contribution in [0.15, 0.2) is 29.2 Å². The molecule has 0 bridgehead atoms. The molecule has 0 atom stereocenters. The van der Waals surface area contributed by atoms with Crippen molar-refractivity contribution >= 4 is 29.3 Å². The molecule has 154 valence electrons. The van der Waals surface area contributed by atoms with E-state index in [1.807, 2.05) is 31.3 Å². The SMILES string of the molecule is CCc1c(-c2ccc3c(CN4CCCC4)c[nH]c3c2)[nH]c(=O)c(C(=O)O)c1O.Cl. The van der Waals surface area contributed by atoms with E-state index < -0.39 is 22.8 Å². The number of carboxylic acids is 1. The molecule has 1 saturated heterocycles. The number of rotatable bonds is 5.